The van der Waals surface area contributed by atoms with Crippen molar-refractivity contribution in [3.8, 4) is 22.3 Å². The molecule has 804 valence electrons. The van der Waals surface area contributed by atoms with Gasteiger partial charge in [-0.15, -0.1) is 11.8 Å². The van der Waals surface area contributed by atoms with Crippen LogP contribution in [0.2, 0.25) is 0 Å². The molecule has 2 aromatic heterocycles. The summed E-state index contributed by atoms with van der Waals surface area (Å²) in [6, 6.07) is 14.1. The number of carbonyl (C=O) groups excluding carboxylic acids is 17. The van der Waals surface area contributed by atoms with Crippen LogP contribution < -0.4 is 85.9 Å². The number of carboxylic acids is 2. The number of likely N-dealkylation sites (N-methyl/N-ethyl adjacent to an activating group) is 1. The van der Waals surface area contributed by atoms with E-state index < -0.39 is 240 Å². The standard InChI is InChI=1S/C104H135N23O22S/c1-9-59(6)89-102(146)127-39-15-21-82(127)99(143)124-88(58(4)5)100(144)121-78(47-72-50-109-56-113-72)97(141)118-74(40-57(2)3)93(137)123-81(91(135)111-51-83(105)128)53-150-54-85(130)116-75(42-60-16-11-10-12-17-60)94(138)119-76(43-61-22-26-64(27-23-61)66-30-32-68(33-31-66)103(147)148)95(139)122-80(44-62-24-28-65(29-25-62)67-34-36-70(37-35-67)114-90(134)69-19-13-18-63(41-69)45-87(133)149-8)101(145)126(7)52-84(129)115-77(46-71-49-108-55-112-71)96(140)120-79(48-86(131)132)98(142)117-73(92(136)125-89)20-14-38-110-104(106)107/h13,18-19,22-37,41,49-50,55-60,73-82,88-89H,9-12,14-17,20-21,38-40,42-48,51-54H2,1-8H3,(H2,105,128)(H,108,112)(H,109,113)(H,111,135)(H,114,134)(H,115,129)(H,116,130)(H,117,142)(H,118,141)(H,119,138)(H,120,140)(H,121,144)(H,122,139)(H,123,137)(H,124,143)(H,125,136)(H,131,132)(H,147,148)(H4,106,107,110)/t59-,73+,74-,75-,76-,77-,78-,79-,80-,81-,82-,88-,89-/m0/s1. The fourth-order valence-electron chi connectivity index (χ4n) is 17.8. The number of carbonyl (C=O) groups is 19. The molecule has 13 atom stereocenters. The van der Waals surface area contributed by atoms with Crippen molar-refractivity contribution in [2.24, 2.45) is 35.1 Å². The molecule has 0 spiro atoms. The maximum atomic E-state index is 15.9. The van der Waals surface area contributed by atoms with Crippen molar-refractivity contribution in [2.45, 2.75) is 230 Å². The second-order valence-electron chi connectivity index (χ2n) is 38.5. The van der Waals surface area contributed by atoms with Crippen molar-refractivity contribution in [1.29, 1.82) is 5.41 Å². The summed E-state index contributed by atoms with van der Waals surface area (Å²) in [5.74, 6) is -21.2. The van der Waals surface area contributed by atoms with Gasteiger partial charge in [-0.05, 0) is 138 Å². The number of nitrogens with two attached hydrogens (primary N) is 2. The van der Waals surface area contributed by atoms with E-state index in [2.05, 4.69) is 94.4 Å². The molecule has 0 bridgehead atoms. The monoisotopic (exact) mass is 2090 g/mol. The quantitative estimate of drug-likeness (QED) is 0.0128. The van der Waals surface area contributed by atoms with Gasteiger partial charge in [0.1, 0.15) is 72.5 Å². The van der Waals surface area contributed by atoms with E-state index in [1.165, 1.54) is 56.2 Å². The molecule has 16 amide bonds. The molecule has 150 heavy (non-hydrogen) atoms. The molecule has 23 N–H and O–H groups in total. The van der Waals surface area contributed by atoms with Crippen LogP contribution in [0.25, 0.3) is 22.3 Å². The predicted molar refractivity (Wildman–Crippen MR) is 552 cm³/mol. The van der Waals surface area contributed by atoms with Gasteiger partial charge in [0.15, 0.2) is 5.96 Å². The molecule has 0 radical (unpaired) electrons. The molecule has 2 saturated heterocycles. The van der Waals surface area contributed by atoms with Crippen LogP contribution in [0.3, 0.4) is 0 Å². The van der Waals surface area contributed by atoms with Gasteiger partial charge >= 0.3 is 17.9 Å². The number of imidazole rings is 2. The number of H-pyrrole nitrogens is 2. The van der Waals surface area contributed by atoms with Crippen molar-refractivity contribution < 1.29 is 106 Å². The Kier molecular flexibility index (Phi) is 44.0. The van der Waals surface area contributed by atoms with E-state index in [-0.39, 0.29) is 118 Å². The highest BCUT2D eigenvalue weighted by atomic mass is 32.2. The zero-order valence-corrected chi connectivity index (χ0v) is 85.8. The number of anilines is 1. The fraction of sp³-hybridized carbons (Fsp3) is 0.462. The summed E-state index contributed by atoms with van der Waals surface area (Å²) in [7, 11) is 2.48. The molecule has 7 aromatic rings. The zero-order valence-electron chi connectivity index (χ0n) is 85.0. The molecule has 2 aliphatic heterocycles. The SMILES string of the molecule is CC[C@H](C)[C@@H]1NC(=O)[C@@H](CCCNC(=N)N)NC(=O)[C@H](CC(=O)O)NC(=O)[C@H](Cc2cnc[nH]2)NC(=O)CN(C)C(=O)[C@H](Cc2ccc(-c3ccc(NC(=O)c4cccc(CC(=O)OC)c4)cc3)cc2)NC(=O)[C@H](Cc2ccc(-c3ccc(C(=O)O)cc3)cc2)NC(=O)[C@H](CC2CCCCC2)NC(=O)CSC[C@@H](C(=O)NCC(N)=O)NC(=O)[C@H](CC(C)C)NC(=O)[C@H](Cc2c[nH]cn2)NC(=O)[C@H](C(C)C)NC(=O)[C@@H]2CCCN2C1=O. The molecule has 1 saturated carbocycles. The van der Waals surface area contributed by atoms with E-state index in [4.69, 9.17) is 21.6 Å². The van der Waals surface area contributed by atoms with E-state index in [9.17, 15) is 67.7 Å². The van der Waals surface area contributed by atoms with Crippen molar-refractivity contribution in [3.63, 3.8) is 0 Å². The number of aliphatic carboxylic acids is 1. The number of hydrogen-bond donors (Lipinski definition) is 21. The summed E-state index contributed by atoms with van der Waals surface area (Å²) >= 11 is 0.826. The summed E-state index contributed by atoms with van der Waals surface area (Å²) in [6.07, 6.45) is 6.72. The van der Waals surface area contributed by atoms with Crippen molar-refractivity contribution in [2.75, 3.05) is 57.2 Å². The van der Waals surface area contributed by atoms with Crippen LogP contribution in [0.15, 0.2) is 146 Å². The Morgan fingerprint density at radius 1 is 0.560 bits per heavy atom. The number of rotatable bonds is 31. The molecule has 5 aromatic carbocycles. The van der Waals surface area contributed by atoms with E-state index >= 15 is 33.6 Å². The lowest BCUT2D eigenvalue weighted by atomic mass is 9.84. The number of thioether (sulfide) groups is 1. The number of ether oxygens (including phenoxy) is 1. The molecule has 4 heterocycles. The molecular weight excluding hydrogens is 1960 g/mol. The first-order valence-corrected chi connectivity index (χ1v) is 51.1. The van der Waals surface area contributed by atoms with E-state index in [0.717, 1.165) is 35.9 Å². The van der Waals surface area contributed by atoms with E-state index in [1.807, 2.05) is 0 Å². The lowest BCUT2D eigenvalue weighted by Gasteiger charge is -2.33. The van der Waals surface area contributed by atoms with E-state index in [1.54, 1.807) is 151 Å². The molecular formula is C104H135N23O22S. The van der Waals surface area contributed by atoms with E-state index in [0.29, 0.717) is 57.5 Å². The number of esters is 1. The summed E-state index contributed by atoms with van der Waals surface area (Å²) < 4.78 is 4.80. The number of amides is 16. The maximum absolute atomic E-state index is 15.9. The number of guanidine groups is 1. The van der Waals surface area contributed by atoms with Gasteiger partial charge in [-0.3, -0.25) is 91.7 Å². The Balaban J connectivity index is 1.03. The average Bonchev–Trinajstić information content (AvgIpc) is 1.62. The molecule has 1 aliphatic carbocycles. The van der Waals surface area contributed by atoms with Gasteiger partial charge in [0, 0.05) is 80.9 Å². The van der Waals surface area contributed by atoms with Crippen LogP contribution >= 0.6 is 11.8 Å². The van der Waals surface area contributed by atoms with Gasteiger partial charge in [0.25, 0.3) is 5.91 Å². The van der Waals surface area contributed by atoms with Gasteiger partial charge in [0.2, 0.25) is 88.6 Å². The molecule has 46 heteroatoms. The summed E-state index contributed by atoms with van der Waals surface area (Å²) in [5.41, 5.74) is 16.3. The lowest BCUT2D eigenvalue weighted by Crippen LogP contribution is -2.62. The molecule has 0 unspecified atom stereocenters. The lowest BCUT2D eigenvalue weighted by molar-refractivity contribution is -0.144. The van der Waals surface area contributed by atoms with Crippen LogP contribution in [-0.4, -0.2) is 283 Å². The second kappa shape index (κ2) is 56.8. The molecule has 45 nitrogen and oxygen atoms in total. The number of hydrogen-bond acceptors (Lipinski definition) is 24. The second-order valence-corrected chi connectivity index (χ2v) is 39.5. The van der Waals surface area contributed by atoms with Gasteiger partial charge in [-0.25, -0.2) is 14.8 Å². The predicted octanol–water partition coefficient (Wildman–Crippen LogP) is 1.99. The Hall–Kier alpha value is -15.9. The number of primary amides is 1. The van der Waals surface area contributed by atoms with Crippen molar-refractivity contribution in [1.82, 2.24) is 98.9 Å². The fourth-order valence-corrected chi connectivity index (χ4v) is 18.6. The van der Waals surface area contributed by atoms with Crippen LogP contribution in [-0.2, 0) is 118 Å². The first-order valence-electron chi connectivity index (χ1n) is 49.9. The number of nitrogens with one attached hydrogen (secondary N) is 17. The highest BCUT2D eigenvalue weighted by Crippen LogP contribution is 2.31. The number of fused-ring (bicyclic) bond motifs is 1. The van der Waals surface area contributed by atoms with Gasteiger partial charge in [-0.2, -0.15) is 0 Å². The molecule has 3 aliphatic rings. The first-order chi connectivity index (χ1) is 71.6. The third-order valence-corrected chi connectivity index (χ3v) is 27.1. The van der Waals surface area contributed by atoms with Crippen molar-refractivity contribution in [3.05, 3.63) is 186 Å². The third-order valence-electron chi connectivity index (χ3n) is 26.1. The third kappa shape index (κ3) is 35.7. The summed E-state index contributed by atoms with van der Waals surface area (Å²) in [6.45, 7) is 8.41. The molecule has 3 fully saturated rings. The van der Waals surface area contributed by atoms with Gasteiger partial charge in [-0.1, -0.05) is 165 Å². The van der Waals surface area contributed by atoms with Gasteiger partial charge in [0.05, 0.1) is 62.7 Å². The minimum Gasteiger partial charge on any atom is -0.481 e. The van der Waals surface area contributed by atoms with Crippen molar-refractivity contribution >= 4 is 136 Å². The Labute approximate surface area is 871 Å². The number of benzene rings is 5. The normalized spacial score (nSPS) is 21.9. The highest BCUT2D eigenvalue weighted by molar-refractivity contribution is 8.00. The Bertz CT molecular complexity index is 5910. The minimum atomic E-state index is -2.04. The largest absolute Gasteiger partial charge is 0.481 e. The number of nitrogens with zero attached hydrogens (tertiary/aromatic N) is 4. The maximum Gasteiger partial charge on any atom is 0.335 e. The van der Waals surface area contributed by atoms with Crippen LogP contribution in [0.1, 0.15) is 174 Å². The first kappa shape index (κ1) is 116. The number of aromatic nitrogens is 4. The number of methoxy groups -OCH3 is 1. The Morgan fingerprint density at radius 3 is 1.71 bits per heavy atom. The highest BCUT2D eigenvalue weighted by Gasteiger charge is 2.44. The van der Waals surface area contributed by atoms with Gasteiger partial charge < -0.3 is 121 Å². The smallest absolute Gasteiger partial charge is 0.335 e. The average molecular weight is 2090 g/mol. The van der Waals surface area contributed by atoms with Crippen LogP contribution in [0, 0.1) is 29.1 Å². The van der Waals surface area contributed by atoms with Crippen LogP contribution in [0.4, 0.5) is 5.69 Å². The molecule has 10 rings (SSSR count). The van der Waals surface area contributed by atoms with Crippen LogP contribution in [0.5, 0.6) is 0 Å². The Morgan fingerprint density at radius 2 is 1.12 bits per heavy atom. The zero-order chi connectivity index (χ0) is 109. The number of aromatic carboxylic acids is 1. The summed E-state index contributed by atoms with van der Waals surface area (Å²) in [5, 5.41) is 65.6. The topological polar surface area (TPSA) is 682 Å². The summed E-state index contributed by atoms with van der Waals surface area (Å²) in [4.78, 5) is 290. The number of aromatic amines is 2. The number of carboxylic acid groups (broad SMARTS) is 2. The minimum absolute atomic E-state index is 0.0191.